The summed E-state index contributed by atoms with van der Waals surface area (Å²) in [6.45, 7) is 0. The zero-order valence-corrected chi connectivity index (χ0v) is 16.1. The van der Waals surface area contributed by atoms with Crippen molar-refractivity contribution in [3.8, 4) is 0 Å². The Hall–Kier alpha value is -3.71. The fourth-order valence-corrected chi connectivity index (χ4v) is 3.53. The standard InChI is InChI=1S/C28H22O/c29-28(25-19-11-4-12-20-25)27(24-17-9-3-10-18-24)21-26(22-13-5-1-6-14-22)23-15-7-2-8-16-23/h1-21,27H. The Morgan fingerprint density at radius 3 is 1.34 bits per heavy atom. The lowest BCUT2D eigenvalue weighted by atomic mass is 9.86. The molecule has 0 aliphatic rings. The minimum Gasteiger partial charge on any atom is -0.293 e. The summed E-state index contributed by atoms with van der Waals surface area (Å²) in [5.41, 5.74) is 4.97. The highest BCUT2D eigenvalue weighted by Crippen LogP contribution is 2.30. The van der Waals surface area contributed by atoms with Gasteiger partial charge in [0.25, 0.3) is 0 Å². The van der Waals surface area contributed by atoms with Crippen LogP contribution in [0.15, 0.2) is 127 Å². The topological polar surface area (TPSA) is 17.1 Å². The summed E-state index contributed by atoms with van der Waals surface area (Å²) in [4.78, 5) is 13.5. The Balaban J connectivity index is 1.88. The van der Waals surface area contributed by atoms with Crippen molar-refractivity contribution in [2.75, 3.05) is 0 Å². The van der Waals surface area contributed by atoms with Crippen molar-refractivity contribution in [2.24, 2.45) is 0 Å². The molecule has 0 radical (unpaired) electrons. The predicted octanol–water partition coefficient (Wildman–Crippen LogP) is 6.79. The van der Waals surface area contributed by atoms with Crippen LogP contribution in [0.3, 0.4) is 0 Å². The van der Waals surface area contributed by atoms with Crippen LogP contribution in [0.1, 0.15) is 33.0 Å². The van der Waals surface area contributed by atoms with Gasteiger partial charge in [0.1, 0.15) is 0 Å². The van der Waals surface area contributed by atoms with Gasteiger partial charge in [0, 0.05) is 5.56 Å². The minimum absolute atomic E-state index is 0.0983. The molecular weight excluding hydrogens is 352 g/mol. The highest BCUT2D eigenvalue weighted by molar-refractivity contribution is 6.03. The molecule has 0 N–H and O–H groups in total. The fraction of sp³-hybridized carbons (Fsp3) is 0.0357. The molecule has 0 bridgehead atoms. The van der Waals surface area contributed by atoms with Gasteiger partial charge in [-0.1, -0.05) is 127 Å². The number of rotatable bonds is 6. The first-order chi connectivity index (χ1) is 14.3. The average Bonchev–Trinajstić information content (AvgIpc) is 2.82. The highest BCUT2D eigenvalue weighted by atomic mass is 16.1. The average molecular weight is 374 g/mol. The van der Waals surface area contributed by atoms with Gasteiger partial charge in [-0.2, -0.15) is 0 Å². The summed E-state index contributed by atoms with van der Waals surface area (Å²) < 4.78 is 0. The summed E-state index contributed by atoms with van der Waals surface area (Å²) in [6.07, 6.45) is 2.11. The van der Waals surface area contributed by atoms with Gasteiger partial charge in [-0.05, 0) is 22.3 Å². The third-order valence-corrected chi connectivity index (χ3v) is 5.00. The molecule has 0 amide bonds. The maximum Gasteiger partial charge on any atom is 0.174 e. The van der Waals surface area contributed by atoms with Gasteiger partial charge in [-0.15, -0.1) is 0 Å². The molecule has 1 nitrogen and oxygen atoms in total. The number of carbonyl (C=O) groups is 1. The minimum atomic E-state index is -0.367. The third kappa shape index (κ3) is 4.41. The van der Waals surface area contributed by atoms with E-state index < -0.39 is 0 Å². The number of benzene rings is 4. The van der Waals surface area contributed by atoms with Crippen LogP contribution in [0.4, 0.5) is 0 Å². The highest BCUT2D eigenvalue weighted by Gasteiger charge is 2.21. The zero-order valence-electron chi connectivity index (χ0n) is 16.1. The summed E-state index contributed by atoms with van der Waals surface area (Å²) in [6, 6.07) is 40.0. The largest absolute Gasteiger partial charge is 0.293 e. The molecule has 0 aliphatic carbocycles. The quantitative estimate of drug-likeness (QED) is 0.340. The Bertz CT molecular complexity index is 1040. The van der Waals surface area contributed by atoms with Crippen LogP contribution >= 0.6 is 0 Å². The second-order valence-corrected chi connectivity index (χ2v) is 6.93. The van der Waals surface area contributed by atoms with E-state index in [-0.39, 0.29) is 11.7 Å². The predicted molar refractivity (Wildman–Crippen MR) is 120 cm³/mol. The molecule has 0 heterocycles. The van der Waals surface area contributed by atoms with Gasteiger partial charge in [0.05, 0.1) is 5.92 Å². The van der Waals surface area contributed by atoms with Crippen LogP contribution in [0.25, 0.3) is 5.57 Å². The van der Waals surface area contributed by atoms with Gasteiger partial charge >= 0.3 is 0 Å². The summed E-state index contributed by atoms with van der Waals surface area (Å²) in [7, 11) is 0. The SMILES string of the molecule is O=C(c1ccccc1)C(C=C(c1ccccc1)c1ccccc1)c1ccccc1. The Morgan fingerprint density at radius 2 is 0.897 bits per heavy atom. The van der Waals surface area contributed by atoms with Gasteiger partial charge in [-0.3, -0.25) is 4.79 Å². The number of hydrogen-bond acceptors (Lipinski definition) is 1. The molecule has 140 valence electrons. The molecule has 4 aromatic rings. The van der Waals surface area contributed by atoms with Crippen LogP contribution in [0.2, 0.25) is 0 Å². The second-order valence-electron chi connectivity index (χ2n) is 6.93. The van der Waals surface area contributed by atoms with E-state index in [1.165, 1.54) is 0 Å². The molecule has 0 spiro atoms. The van der Waals surface area contributed by atoms with Crippen LogP contribution in [0, 0.1) is 0 Å². The first-order valence-electron chi connectivity index (χ1n) is 9.80. The van der Waals surface area contributed by atoms with E-state index in [9.17, 15) is 4.79 Å². The molecular formula is C28H22O. The molecule has 0 aromatic heterocycles. The van der Waals surface area contributed by atoms with Crippen molar-refractivity contribution in [3.63, 3.8) is 0 Å². The lowest BCUT2D eigenvalue weighted by Crippen LogP contribution is -2.12. The van der Waals surface area contributed by atoms with E-state index in [0.717, 1.165) is 27.8 Å². The van der Waals surface area contributed by atoms with E-state index in [0.29, 0.717) is 0 Å². The van der Waals surface area contributed by atoms with E-state index in [4.69, 9.17) is 0 Å². The maximum absolute atomic E-state index is 13.5. The molecule has 29 heavy (non-hydrogen) atoms. The maximum atomic E-state index is 13.5. The number of ketones is 1. The number of carbonyl (C=O) groups excluding carboxylic acids is 1. The molecule has 1 unspecified atom stereocenters. The normalized spacial score (nSPS) is 11.4. The van der Waals surface area contributed by atoms with Gasteiger partial charge in [0.2, 0.25) is 0 Å². The van der Waals surface area contributed by atoms with Crippen LogP contribution in [0.5, 0.6) is 0 Å². The van der Waals surface area contributed by atoms with Gasteiger partial charge < -0.3 is 0 Å². The van der Waals surface area contributed by atoms with Crippen molar-refractivity contribution in [3.05, 3.63) is 150 Å². The molecule has 4 aromatic carbocycles. The molecule has 0 aliphatic heterocycles. The molecule has 0 saturated heterocycles. The number of allylic oxidation sites excluding steroid dienone is 1. The van der Waals surface area contributed by atoms with Gasteiger partial charge in [-0.25, -0.2) is 0 Å². The molecule has 1 atom stereocenters. The Labute approximate surface area is 172 Å². The lowest BCUT2D eigenvalue weighted by molar-refractivity contribution is 0.0976. The summed E-state index contributed by atoms with van der Waals surface area (Å²) in [5, 5.41) is 0. The zero-order chi connectivity index (χ0) is 19.9. The van der Waals surface area contributed by atoms with E-state index >= 15 is 0 Å². The lowest BCUT2D eigenvalue weighted by Gasteiger charge is -2.17. The fourth-order valence-electron chi connectivity index (χ4n) is 3.53. The van der Waals surface area contributed by atoms with E-state index in [2.05, 4.69) is 30.3 Å². The van der Waals surface area contributed by atoms with Crippen LogP contribution in [-0.2, 0) is 0 Å². The molecule has 1 heteroatoms. The number of hydrogen-bond donors (Lipinski definition) is 0. The Kier molecular flexibility index (Phi) is 5.78. The summed E-state index contributed by atoms with van der Waals surface area (Å²) in [5.74, 6) is -0.268. The van der Waals surface area contributed by atoms with Gasteiger partial charge in [0.15, 0.2) is 5.78 Å². The van der Waals surface area contributed by atoms with Crippen molar-refractivity contribution < 1.29 is 4.79 Å². The molecule has 0 saturated carbocycles. The number of Topliss-reactive ketones (excluding diaryl/α,β-unsaturated/α-hetero) is 1. The van der Waals surface area contributed by atoms with E-state index in [1.807, 2.05) is 97.1 Å². The van der Waals surface area contributed by atoms with Crippen LogP contribution < -0.4 is 0 Å². The van der Waals surface area contributed by atoms with Crippen LogP contribution in [-0.4, -0.2) is 5.78 Å². The van der Waals surface area contributed by atoms with Crippen molar-refractivity contribution in [1.29, 1.82) is 0 Å². The first kappa shape index (κ1) is 18.6. The monoisotopic (exact) mass is 374 g/mol. The van der Waals surface area contributed by atoms with Crippen molar-refractivity contribution in [2.45, 2.75) is 5.92 Å². The smallest absolute Gasteiger partial charge is 0.174 e. The van der Waals surface area contributed by atoms with Crippen molar-refractivity contribution in [1.82, 2.24) is 0 Å². The second kappa shape index (κ2) is 8.99. The molecule has 0 fully saturated rings. The van der Waals surface area contributed by atoms with Crippen molar-refractivity contribution >= 4 is 11.4 Å². The first-order valence-corrected chi connectivity index (χ1v) is 9.80. The molecule has 4 rings (SSSR count). The third-order valence-electron chi connectivity index (χ3n) is 5.00. The van der Waals surface area contributed by atoms with E-state index in [1.54, 1.807) is 0 Å². The Morgan fingerprint density at radius 1 is 0.517 bits per heavy atom. The summed E-state index contributed by atoms with van der Waals surface area (Å²) >= 11 is 0.